The number of ether oxygens (including phenoxy) is 1. The van der Waals surface area contributed by atoms with Gasteiger partial charge in [0.2, 0.25) is 5.13 Å². The van der Waals surface area contributed by atoms with Gasteiger partial charge in [-0.2, -0.15) is 10.4 Å². The molecule has 0 aliphatic carbocycles. The van der Waals surface area contributed by atoms with Crippen LogP contribution in [0.3, 0.4) is 0 Å². The molecule has 1 heterocycles. The van der Waals surface area contributed by atoms with E-state index in [1.165, 1.54) is 17.4 Å². The lowest BCUT2D eigenvalue weighted by molar-refractivity contribution is 0.300. The number of halogens is 1. The maximum Gasteiger partial charge on any atom is 0.205 e. The number of nitrogens with one attached hydrogen (secondary N) is 1. The molecule has 0 saturated carbocycles. The highest BCUT2D eigenvalue weighted by Crippen LogP contribution is 2.18. The van der Waals surface area contributed by atoms with E-state index < -0.39 is 5.82 Å². The van der Waals surface area contributed by atoms with Gasteiger partial charge in [0.15, 0.2) is 0 Å². The monoisotopic (exact) mass is 367 g/mol. The number of nitrogens with zero attached hydrogens (tertiary/aromatic N) is 3. The maximum atomic E-state index is 13.9. The molecule has 6 nitrogen and oxygen atoms in total. The first kappa shape index (κ1) is 17.4. The molecule has 130 valence electrons. The van der Waals surface area contributed by atoms with E-state index in [0.29, 0.717) is 22.3 Å². The smallest absolute Gasteiger partial charge is 0.205 e. The lowest BCUT2D eigenvalue weighted by Crippen LogP contribution is -1.99. The molecule has 3 rings (SSSR count). The highest BCUT2D eigenvalue weighted by atomic mass is 32.1. The molecule has 0 saturated heterocycles. The van der Waals surface area contributed by atoms with Gasteiger partial charge in [-0.05, 0) is 29.8 Å². The maximum absolute atomic E-state index is 13.9. The fraction of sp³-hybridized carbons (Fsp3) is 0.0556. The number of hydrazone groups is 1. The Morgan fingerprint density at radius 1 is 1.35 bits per heavy atom. The largest absolute Gasteiger partial charge is 0.489 e. The molecule has 26 heavy (non-hydrogen) atoms. The van der Waals surface area contributed by atoms with Gasteiger partial charge in [0, 0.05) is 10.9 Å². The highest BCUT2D eigenvalue weighted by molar-refractivity contribution is 7.14. The first-order valence-electron chi connectivity index (χ1n) is 7.55. The lowest BCUT2D eigenvalue weighted by atomic mass is 10.1. The van der Waals surface area contributed by atoms with Crippen molar-refractivity contribution in [3.05, 3.63) is 70.4 Å². The minimum absolute atomic E-state index is 0.0643. The van der Waals surface area contributed by atoms with E-state index in [1.54, 1.807) is 35.9 Å². The number of hydrogen-bond acceptors (Lipinski definition) is 7. The third-order valence-corrected chi connectivity index (χ3v) is 4.10. The Labute approximate surface area is 153 Å². The Bertz CT molecular complexity index is 980. The van der Waals surface area contributed by atoms with Crippen molar-refractivity contribution < 1.29 is 9.13 Å². The van der Waals surface area contributed by atoms with Crippen molar-refractivity contribution in [1.82, 2.24) is 4.98 Å². The Balaban J connectivity index is 1.61. The third kappa shape index (κ3) is 4.55. The molecular weight excluding hydrogens is 353 g/mol. The molecule has 8 heteroatoms. The van der Waals surface area contributed by atoms with Crippen molar-refractivity contribution in [2.24, 2.45) is 5.10 Å². The summed E-state index contributed by atoms with van der Waals surface area (Å²) < 4.78 is 19.5. The summed E-state index contributed by atoms with van der Waals surface area (Å²) in [5.74, 6) is 0.558. The molecule has 0 radical (unpaired) electrons. The van der Waals surface area contributed by atoms with E-state index in [0.717, 1.165) is 5.56 Å². The number of benzene rings is 2. The van der Waals surface area contributed by atoms with Gasteiger partial charge < -0.3 is 10.5 Å². The fourth-order valence-electron chi connectivity index (χ4n) is 2.08. The number of thiazole rings is 1. The summed E-state index contributed by atoms with van der Waals surface area (Å²) in [6.07, 6.45) is 1.62. The summed E-state index contributed by atoms with van der Waals surface area (Å²) in [6.45, 7) is 0.0643. The molecule has 0 bridgehead atoms. The molecular formula is C18H14FN5OS. The van der Waals surface area contributed by atoms with Crippen molar-refractivity contribution in [2.75, 3.05) is 11.2 Å². The highest BCUT2D eigenvalue weighted by Gasteiger charge is 2.05. The van der Waals surface area contributed by atoms with Gasteiger partial charge in [-0.25, -0.2) is 9.37 Å². The Hall–Kier alpha value is -3.44. The van der Waals surface area contributed by atoms with Gasteiger partial charge in [-0.15, -0.1) is 11.3 Å². The van der Waals surface area contributed by atoms with E-state index in [-0.39, 0.29) is 12.2 Å². The molecule has 3 aromatic rings. The predicted molar refractivity (Wildman–Crippen MR) is 99.6 cm³/mol. The second-order valence-electron chi connectivity index (χ2n) is 5.23. The summed E-state index contributed by atoms with van der Waals surface area (Å²) in [5.41, 5.74) is 9.79. The molecule has 0 unspecified atom stereocenters. The molecule has 0 spiro atoms. The number of nitrogen functional groups attached to an aromatic ring is 1. The molecule has 0 fully saturated rings. The summed E-state index contributed by atoms with van der Waals surface area (Å²) in [6, 6.07) is 13.4. The van der Waals surface area contributed by atoms with E-state index in [1.807, 2.05) is 18.2 Å². The standard InChI is InChI=1S/C18H14FN5OS/c19-16-7-12(8-20)4-5-14(16)10-25-15-3-1-2-13(6-15)9-22-24-18-23-17(21)11-26-18/h1-7,9,11H,10,21H2,(H,23,24). The second kappa shape index (κ2) is 8.09. The van der Waals surface area contributed by atoms with Crippen molar-refractivity contribution in [2.45, 2.75) is 6.61 Å². The predicted octanol–water partition coefficient (Wildman–Crippen LogP) is 3.76. The third-order valence-electron chi connectivity index (χ3n) is 3.33. The number of aromatic nitrogens is 1. The number of hydrogen-bond donors (Lipinski definition) is 2. The molecule has 0 atom stereocenters. The second-order valence-corrected chi connectivity index (χ2v) is 6.08. The van der Waals surface area contributed by atoms with Crippen molar-refractivity contribution >= 4 is 28.5 Å². The molecule has 1 aromatic heterocycles. The zero-order valence-corrected chi connectivity index (χ0v) is 14.3. The normalized spacial score (nSPS) is 10.6. The first-order chi connectivity index (χ1) is 12.6. The summed E-state index contributed by atoms with van der Waals surface area (Å²) >= 11 is 1.36. The van der Waals surface area contributed by atoms with Crippen LogP contribution in [-0.4, -0.2) is 11.2 Å². The summed E-state index contributed by atoms with van der Waals surface area (Å²) in [5, 5.41) is 15.2. The van der Waals surface area contributed by atoms with E-state index in [2.05, 4.69) is 15.5 Å². The van der Waals surface area contributed by atoms with Crippen LogP contribution in [0.5, 0.6) is 5.75 Å². The number of anilines is 2. The Morgan fingerprint density at radius 3 is 2.96 bits per heavy atom. The Morgan fingerprint density at radius 2 is 2.23 bits per heavy atom. The topological polar surface area (TPSA) is 96.3 Å². The average Bonchev–Trinajstić information content (AvgIpc) is 3.06. The minimum Gasteiger partial charge on any atom is -0.489 e. The van der Waals surface area contributed by atoms with Gasteiger partial charge >= 0.3 is 0 Å². The van der Waals surface area contributed by atoms with E-state index in [9.17, 15) is 4.39 Å². The average molecular weight is 367 g/mol. The van der Waals surface area contributed by atoms with Crippen LogP contribution < -0.4 is 15.9 Å². The molecule has 0 aliphatic rings. The minimum atomic E-state index is -0.464. The van der Waals surface area contributed by atoms with Crippen LogP contribution in [0.4, 0.5) is 15.3 Å². The van der Waals surface area contributed by atoms with Crippen LogP contribution in [0.2, 0.25) is 0 Å². The lowest BCUT2D eigenvalue weighted by Gasteiger charge is -2.08. The van der Waals surface area contributed by atoms with Crippen LogP contribution in [0.25, 0.3) is 0 Å². The number of nitrogens with two attached hydrogens (primary N) is 1. The van der Waals surface area contributed by atoms with Gasteiger partial charge in [0.1, 0.15) is 24.0 Å². The van der Waals surface area contributed by atoms with Crippen LogP contribution >= 0.6 is 11.3 Å². The van der Waals surface area contributed by atoms with Gasteiger partial charge in [-0.3, -0.25) is 5.43 Å². The number of rotatable bonds is 6. The fourth-order valence-corrected chi connectivity index (χ4v) is 2.63. The van der Waals surface area contributed by atoms with Crippen molar-refractivity contribution in [1.29, 1.82) is 5.26 Å². The van der Waals surface area contributed by atoms with Crippen LogP contribution in [-0.2, 0) is 6.61 Å². The van der Waals surface area contributed by atoms with E-state index in [4.69, 9.17) is 15.7 Å². The van der Waals surface area contributed by atoms with Crippen LogP contribution in [0, 0.1) is 17.1 Å². The van der Waals surface area contributed by atoms with Gasteiger partial charge in [0.05, 0.1) is 17.8 Å². The first-order valence-corrected chi connectivity index (χ1v) is 8.43. The molecule has 3 N–H and O–H groups in total. The van der Waals surface area contributed by atoms with Crippen LogP contribution in [0.1, 0.15) is 16.7 Å². The molecule has 0 aliphatic heterocycles. The SMILES string of the molecule is N#Cc1ccc(COc2cccc(C=NNc3nc(N)cs3)c2)c(F)c1. The number of nitriles is 1. The van der Waals surface area contributed by atoms with E-state index >= 15 is 0 Å². The van der Waals surface area contributed by atoms with Crippen molar-refractivity contribution in [3.8, 4) is 11.8 Å². The van der Waals surface area contributed by atoms with Crippen LogP contribution in [0.15, 0.2) is 52.9 Å². The zero-order chi connectivity index (χ0) is 18.4. The summed E-state index contributed by atoms with van der Waals surface area (Å²) in [4.78, 5) is 4.03. The molecule has 0 amide bonds. The van der Waals surface area contributed by atoms with Crippen molar-refractivity contribution in [3.63, 3.8) is 0 Å². The Kier molecular flexibility index (Phi) is 5.41. The quantitative estimate of drug-likeness (QED) is 0.511. The van der Waals surface area contributed by atoms with Gasteiger partial charge in [0.25, 0.3) is 0 Å². The molecule has 2 aromatic carbocycles. The summed E-state index contributed by atoms with van der Waals surface area (Å²) in [7, 11) is 0. The zero-order valence-electron chi connectivity index (χ0n) is 13.5. The van der Waals surface area contributed by atoms with Gasteiger partial charge in [-0.1, -0.05) is 18.2 Å².